The number of nitrogens with one attached hydrogen (secondary N) is 2. The van der Waals surface area contributed by atoms with E-state index in [0.29, 0.717) is 0 Å². The first-order valence-corrected chi connectivity index (χ1v) is 15.6. The molecule has 46 heavy (non-hydrogen) atoms. The number of fused-ring (bicyclic) bond motifs is 5. The monoisotopic (exact) mass is 593 g/mol. The van der Waals surface area contributed by atoms with Gasteiger partial charge in [-0.05, 0) is 63.6 Å². The van der Waals surface area contributed by atoms with Gasteiger partial charge in [-0.2, -0.15) is 0 Å². The van der Waals surface area contributed by atoms with Gasteiger partial charge in [0.2, 0.25) is 0 Å². The van der Waals surface area contributed by atoms with Crippen molar-refractivity contribution >= 4 is 44.4 Å². The summed E-state index contributed by atoms with van der Waals surface area (Å²) in [4.78, 5) is 0. The molecule has 1 atom stereocenters. The largest absolute Gasteiger partial charge is 0.378 e. The van der Waals surface area contributed by atoms with Gasteiger partial charge in [0.05, 0.1) is 17.1 Å². The molecule has 7 rings (SSSR count). The molecule has 1 aromatic heterocycles. The molecule has 0 spiro atoms. The van der Waals surface area contributed by atoms with Crippen LogP contribution in [0.15, 0.2) is 171 Å². The molecule has 0 fully saturated rings. The van der Waals surface area contributed by atoms with Crippen LogP contribution in [0.25, 0.3) is 55.0 Å². The smallest absolute Gasteiger partial charge is 0.0698 e. The topological polar surface area (TPSA) is 40.8 Å². The van der Waals surface area contributed by atoms with Gasteiger partial charge in [-0.25, -0.2) is 0 Å². The van der Waals surface area contributed by atoms with Crippen molar-refractivity contribution in [1.82, 2.24) is 9.88 Å². The third-order valence-corrected chi connectivity index (χ3v) is 8.70. The third kappa shape index (κ3) is 5.33. The number of nitrogens with zero attached hydrogens (tertiary/aromatic N) is 1. The van der Waals surface area contributed by atoms with E-state index >= 15 is 0 Å². The zero-order valence-corrected chi connectivity index (χ0v) is 25.7. The Morgan fingerprint density at radius 1 is 0.804 bits per heavy atom. The highest BCUT2D eigenvalue weighted by molar-refractivity contribution is 6.19. The molecule has 1 aliphatic rings. The highest BCUT2D eigenvalue weighted by Gasteiger charge is 2.19. The lowest BCUT2D eigenvalue weighted by molar-refractivity contribution is 0.691. The Labute approximate surface area is 270 Å². The van der Waals surface area contributed by atoms with Gasteiger partial charge in [-0.15, -0.1) is 0 Å². The molecule has 0 bridgehead atoms. The van der Waals surface area contributed by atoms with Crippen LogP contribution >= 0.6 is 0 Å². The molecule has 0 saturated heterocycles. The van der Waals surface area contributed by atoms with Gasteiger partial charge in [0.1, 0.15) is 0 Å². The van der Waals surface area contributed by atoms with Gasteiger partial charge in [0.25, 0.3) is 0 Å². The van der Waals surface area contributed by atoms with Crippen LogP contribution in [0.1, 0.15) is 23.6 Å². The number of allylic oxidation sites excluding steroid dienone is 8. The SMILES string of the molecule is C=C/C=C\CC1=CC=CC(c2ccc3c4ccc5cc(-c6ccc(/C(C=N)=C/C=C)cc6)ccc5c4n(-c4ccccc4)c3c2)N1. The van der Waals surface area contributed by atoms with Crippen LogP contribution in [0.5, 0.6) is 0 Å². The maximum Gasteiger partial charge on any atom is 0.0698 e. The fourth-order valence-electron chi connectivity index (χ4n) is 6.47. The average molecular weight is 594 g/mol. The summed E-state index contributed by atoms with van der Waals surface area (Å²) in [6.45, 7) is 7.56. The molecule has 0 saturated carbocycles. The molecule has 6 aromatic rings. The molecule has 0 amide bonds. The summed E-state index contributed by atoms with van der Waals surface area (Å²) in [7, 11) is 0. The summed E-state index contributed by atoms with van der Waals surface area (Å²) in [5.41, 5.74) is 10.1. The molecular weight excluding hydrogens is 558 g/mol. The summed E-state index contributed by atoms with van der Waals surface area (Å²) in [6, 6.07) is 37.3. The maximum absolute atomic E-state index is 7.74. The van der Waals surface area contributed by atoms with Crippen molar-refractivity contribution < 1.29 is 0 Å². The number of hydrogen-bond donors (Lipinski definition) is 2. The van der Waals surface area contributed by atoms with E-state index in [4.69, 9.17) is 5.41 Å². The molecule has 5 aromatic carbocycles. The first-order valence-electron chi connectivity index (χ1n) is 15.6. The minimum Gasteiger partial charge on any atom is -0.378 e. The highest BCUT2D eigenvalue weighted by atomic mass is 15.0. The van der Waals surface area contributed by atoms with Gasteiger partial charge in [0, 0.05) is 40.2 Å². The number of para-hydroxylation sites is 1. The zero-order chi connectivity index (χ0) is 31.5. The minimum atomic E-state index is 0.0943. The molecule has 0 aliphatic carbocycles. The Bertz CT molecular complexity index is 2240. The number of benzene rings is 5. The van der Waals surface area contributed by atoms with Crippen molar-refractivity contribution in [3.8, 4) is 16.8 Å². The van der Waals surface area contributed by atoms with Crippen molar-refractivity contribution in [3.05, 3.63) is 182 Å². The first-order chi connectivity index (χ1) is 22.7. The summed E-state index contributed by atoms with van der Waals surface area (Å²) in [5.74, 6) is 0. The van der Waals surface area contributed by atoms with E-state index in [1.165, 1.54) is 50.1 Å². The van der Waals surface area contributed by atoms with Crippen molar-refractivity contribution in [2.75, 3.05) is 0 Å². The predicted molar refractivity (Wildman–Crippen MR) is 198 cm³/mol. The normalized spacial score (nSPS) is 14.9. The molecule has 222 valence electrons. The lowest BCUT2D eigenvalue weighted by Crippen LogP contribution is -2.21. The van der Waals surface area contributed by atoms with Crippen LogP contribution in [0.4, 0.5) is 0 Å². The Balaban J connectivity index is 1.34. The van der Waals surface area contributed by atoms with Gasteiger partial charge >= 0.3 is 0 Å². The molecule has 1 aliphatic heterocycles. The van der Waals surface area contributed by atoms with E-state index in [2.05, 4.69) is 150 Å². The average Bonchev–Trinajstić information content (AvgIpc) is 3.45. The van der Waals surface area contributed by atoms with E-state index in [-0.39, 0.29) is 6.04 Å². The summed E-state index contributed by atoms with van der Waals surface area (Å²) in [5, 5.41) is 16.3. The molecular formula is C43H35N3. The Morgan fingerprint density at radius 3 is 2.37 bits per heavy atom. The van der Waals surface area contributed by atoms with E-state index < -0.39 is 0 Å². The fraction of sp³-hybridized carbons (Fsp3) is 0.0465. The lowest BCUT2D eigenvalue weighted by atomic mass is 9.97. The van der Waals surface area contributed by atoms with E-state index in [1.807, 2.05) is 18.2 Å². The van der Waals surface area contributed by atoms with Crippen molar-refractivity contribution in [1.29, 1.82) is 5.41 Å². The lowest BCUT2D eigenvalue weighted by Gasteiger charge is -2.22. The molecule has 1 unspecified atom stereocenters. The minimum absolute atomic E-state index is 0.0943. The van der Waals surface area contributed by atoms with Gasteiger partial charge in [-0.3, -0.25) is 0 Å². The highest BCUT2D eigenvalue weighted by Crippen LogP contribution is 2.39. The Hall–Kier alpha value is -5.93. The van der Waals surface area contributed by atoms with Crippen molar-refractivity contribution in [2.24, 2.45) is 0 Å². The maximum atomic E-state index is 7.74. The second kappa shape index (κ2) is 12.6. The molecule has 3 nitrogen and oxygen atoms in total. The fourth-order valence-corrected chi connectivity index (χ4v) is 6.47. The molecule has 0 radical (unpaired) electrons. The van der Waals surface area contributed by atoms with Gasteiger partial charge < -0.3 is 15.3 Å². The second-order valence-electron chi connectivity index (χ2n) is 11.5. The van der Waals surface area contributed by atoms with Gasteiger partial charge in [-0.1, -0.05) is 135 Å². The van der Waals surface area contributed by atoms with Crippen molar-refractivity contribution in [2.45, 2.75) is 12.5 Å². The summed E-state index contributed by atoms with van der Waals surface area (Å²) >= 11 is 0. The summed E-state index contributed by atoms with van der Waals surface area (Å²) < 4.78 is 2.42. The van der Waals surface area contributed by atoms with E-state index in [1.54, 1.807) is 6.08 Å². The van der Waals surface area contributed by atoms with Crippen LogP contribution in [0.2, 0.25) is 0 Å². The first kappa shape index (κ1) is 28.8. The molecule has 2 heterocycles. The summed E-state index contributed by atoms with van der Waals surface area (Å²) in [6.07, 6.45) is 18.2. The zero-order valence-electron chi connectivity index (χ0n) is 25.7. The molecule has 3 heteroatoms. The number of dihydropyridines is 1. The van der Waals surface area contributed by atoms with Crippen LogP contribution < -0.4 is 5.32 Å². The third-order valence-electron chi connectivity index (χ3n) is 8.70. The Morgan fingerprint density at radius 2 is 1.59 bits per heavy atom. The van der Waals surface area contributed by atoms with E-state index in [0.717, 1.165) is 34.4 Å². The number of hydrogen-bond acceptors (Lipinski definition) is 2. The van der Waals surface area contributed by atoms with Crippen LogP contribution in [-0.4, -0.2) is 10.8 Å². The van der Waals surface area contributed by atoms with E-state index in [9.17, 15) is 0 Å². The quantitative estimate of drug-likeness (QED) is 0.127. The second-order valence-corrected chi connectivity index (χ2v) is 11.5. The number of rotatable bonds is 9. The van der Waals surface area contributed by atoms with Crippen LogP contribution in [0, 0.1) is 5.41 Å². The standard InChI is InChI=1S/C43H35N3/c1-3-5-7-12-36-13-10-16-41(45-36)34-23-25-39-40-26-22-33-27-32(30-17-19-31(20-18-30)35(29-44)11-4-2)21-24-38(33)43(40)46(42(39)28-34)37-14-8-6-9-15-37/h3-11,13-29,41,44-45H,1-2,12H2/b7-5-,35-11+,44-29?. The van der Waals surface area contributed by atoms with Crippen LogP contribution in [-0.2, 0) is 0 Å². The van der Waals surface area contributed by atoms with Gasteiger partial charge in [0.15, 0.2) is 0 Å². The predicted octanol–water partition coefficient (Wildman–Crippen LogP) is 11.0. The van der Waals surface area contributed by atoms with Crippen molar-refractivity contribution in [3.63, 3.8) is 0 Å². The van der Waals surface area contributed by atoms with Crippen LogP contribution in [0.3, 0.4) is 0 Å². The number of aromatic nitrogens is 1. The Kier molecular flexibility index (Phi) is 7.89. The molecule has 2 N–H and O–H groups in total.